The summed E-state index contributed by atoms with van der Waals surface area (Å²) >= 11 is 3.44. The Morgan fingerprint density at radius 1 is 0.755 bits per heavy atom. The number of para-hydroxylation sites is 1. The third kappa shape index (κ3) is 9.68. The van der Waals surface area contributed by atoms with E-state index in [1.807, 2.05) is 94.7 Å². The number of H-pyrrole nitrogens is 1. The number of nitrogens with two attached hydrogens (primary N) is 2. The average molecular weight is 793 g/mol. The van der Waals surface area contributed by atoms with Crippen molar-refractivity contribution in [3.8, 4) is 5.75 Å². The number of benzene rings is 3. The largest absolute Gasteiger partial charge is 0.507 e. The van der Waals surface area contributed by atoms with E-state index in [0.29, 0.717) is 3.57 Å². The van der Waals surface area contributed by atoms with Gasteiger partial charge in [-0.1, -0.05) is 60.7 Å². The molecule has 13 heteroatoms. The Labute approximate surface area is 301 Å². The molecule has 0 bridgehead atoms. The van der Waals surface area contributed by atoms with E-state index >= 15 is 0 Å². The SMILES string of the molecule is NC(=O)[C@H](Cc1cccs1)NC(=O)[C@@H](Cc1ccccc1)NC(=O)[C@@H](Cc1c[nH]c2ccccc12)NC(=O)[C@@H](N)Cc1ccc(O)c(I)c1. The molecule has 11 nitrogen and oxygen atoms in total. The van der Waals surface area contributed by atoms with Crippen LogP contribution in [0.15, 0.2) is 96.5 Å². The number of phenols is 1. The van der Waals surface area contributed by atoms with Gasteiger partial charge in [0.1, 0.15) is 23.9 Å². The molecular weight excluding hydrogens is 755 g/mol. The maximum absolute atomic E-state index is 14.1. The molecule has 4 amide bonds. The van der Waals surface area contributed by atoms with Gasteiger partial charge in [-0.3, -0.25) is 19.2 Å². The molecular formula is C36H37IN6O5S. The standard InChI is InChI=1S/C36H37IN6O5S/c37-26-15-22(12-13-32(26)44)16-27(38)34(46)42-31(18-23-20-40-28-11-5-4-10-25(23)28)36(48)43-30(17-21-7-2-1-3-8-21)35(47)41-29(33(39)45)19-24-9-6-14-49-24/h1-15,20,27,29-31,40,44H,16-19,38H2,(H2,39,45)(H,41,47)(H,42,46)(H,43,48)/t27-,29-,30+,31+/m0/s1. The average Bonchev–Trinajstić information content (AvgIpc) is 3.76. The molecule has 0 aliphatic rings. The summed E-state index contributed by atoms with van der Waals surface area (Å²) < 4.78 is 0.621. The molecule has 0 radical (unpaired) electrons. The fourth-order valence-corrected chi connectivity index (χ4v) is 6.82. The zero-order valence-corrected chi connectivity index (χ0v) is 29.4. The number of carbonyl (C=O) groups is 4. The molecule has 0 aliphatic carbocycles. The molecule has 5 aromatic rings. The number of hydrogen-bond acceptors (Lipinski definition) is 7. The quantitative estimate of drug-likeness (QED) is 0.0798. The summed E-state index contributed by atoms with van der Waals surface area (Å²) in [5.74, 6) is -2.32. The van der Waals surface area contributed by atoms with E-state index in [0.717, 1.165) is 32.5 Å². The summed E-state index contributed by atoms with van der Waals surface area (Å²) in [4.78, 5) is 57.8. The molecule has 49 heavy (non-hydrogen) atoms. The van der Waals surface area contributed by atoms with Crippen molar-refractivity contribution in [3.05, 3.63) is 122 Å². The van der Waals surface area contributed by atoms with Crippen LogP contribution >= 0.6 is 33.9 Å². The number of primary amides is 1. The number of halogens is 1. The van der Waals surface area contributed by atoms with Gasteiger partial charge in [0.05, 0.1) is 9.61 Å². The number of phenolic OH excluding ortho intramolecular Hbond substituents is 1. The van der Waals surface area contributed by atoms with Gasteiger partial charge in [-0.15, -0.1) is 11.3 Å². The highest BCUT2D eigenvalue weighted by atomic mass is 127. The highest BCUT2D eigenvalue weighted by Crippen LogP contribution is 2.22. The molecule has 3 aromatic carbocycles. The third-order valence-electron chi connectivity index (χ3n) is 8.10. The molecule has 4 atom stereocenters. The first-order chi connectivity index (χ1) is 23.6. The highest BCUT2D eigenvalue weighted by Gasteiger charge is 2.31. The number of thiophene rings is 1. The minimum Gasteiger partial charge on any atom is -0.507 e. The minimum absolute atomic E-state index is 0.105. The molecule has 5 rings (SSSR count). The van der Waals surface area contributed by atoms with E-state index in [2.05, 4.69) is 20.9 Å². The Morgan fingerprint density at radius 3 is 2.12 bits per heavy atom. The highest BCUT2D eigenvalue weighted by molar-refractivity contribution is 14.1. The van der Waals surface area contributed by atoms with Crippen LogP contribution in [-0.2, 0) is 44.9 Å². The Hall–Kier alpha value is -4.73. The lowest BCUT2D eigenvalue weighted by molar-refractivity contribution is -0.133. The van der Waals surface area contributed by atoms with E-state index in [1.165, 1.54) is 17.4 Å². The van der Waals surface area contributed by atoms with Crippen LogP contribution in [-0.4, -0.2) is 57.9 Å². The second kappa shape index (κ2) is 16.6. The Morgan fingerprint density at radius 2 is 1.43 bits per heavy atom. The molecule has 2 aromatic heterocycles. The number of aromatic amines is 1. The van der Waals surface area contributed by atoms with Crippen LogP contribution < -0.4 is 27.4 Å². The first-order valence-electron chi connectivity index (χ1n) is 15.6. The van der Waals surface area contributed by atoms with Crippen molar-refractivity contribution in [2.45, 2.75) is 49.9 Å². The summed E-state index contributed by atoms with van der Waals surface area (Å²) in [7, 11) is 0. The summed E-state index contributed by atoms with van der Waals surface area (Å²) in [5.41, 5.74) is 15.2. The predicted octanol–water partition coefficient (Wildman–Crippen LogP) is 3.08. The molecule has 0 spiro atoms. The maximum atomic E-state index is 14.1. The van der Waals surface area contributed by atoms with Crippen molar-refractivity contribution in [1.82, 2.24) is 20.9 Å². The molecule has 254 valence electrons. The Bertz CT molecular complexity index is 1920. The lowest BCUT2D eigenvalue weighted by atomic mass is 10.0. The van der Waals surface area contributed by atoms with Crippen molar-refractivity contribution in [3.63, 3.8) is 0 Å². The third-order valence-corrected chi connectivity index (χ3v) is 9.86. The van der Waals surface area contributed by atoms with E-state index in [-0.39, 0.29) is 31.4 Å². The number of aromatic hydroxyl groups is 1. The van der Waals surface area contributed by atoms with Crippen LogP contribution in [0.4, 0.5) is 0 Å². The molecule has 0 fully saturated rings. The van der Waals surface area contributed by atoms with E-state index in [9.17, 15) is 24.3 Å². The van der Waals surface area contributed by atoms with Gasteiger partial charge in [-0.2, -0.15) is 0 Å². The van der Waals surface area contributed by atoms with E-state index in [1.54, 1.807) is 18.3 Å². The summed E-state index contributed by atoms with van der Waals surface area (Å²) in [5, 5.41) is 21.0. The van der Waals surface area contributed by atoms with E-state index in [4.69, 9.17) is 11.5 Å². The van der Waals surface area contributed by atoms with Crippen molar-refractivity contribution in [2.24, 2.45) is 11.5 Å². The predicted molar refractivity (Wildman–Crippen MR) is 198 cm³/mol. The van der Waals surface area contributed by atoms with Crippen LogP contribution in [0.1, 0.15) is 21.6 Å². The molecule has 9 N–H and O–H groups in total. The maximum Gasteiger partial charge on any atom is 0.243 e. The van der Waals surface area contributed by atoms with Crippen LogP contribution in [0.2, 0.25) is 0 Å². The van der Waals surface area contributed by atoms with Crippen LogP contribution in [0.25, 0.3) is 10.9 Å². The topological polar surface area (TPSA) is 192 Å². The van der Waals surface area contributed by atoms with Crippen LogP contribution in [0.3, 0.4) is 0 Å². The van der Waals surface area contributed by atoms with Crippen molar-refractivity contribution < 1.29 is 24.3 Å². The van der Waals surface area contributed by atoms with E-state index < -0.39 is 47.8 Å². The van der Waals surface area contributed by atoms with Crippen molar-refractivity contribution >= 4 is 68.5 Å². The number of carbonyl (C=O) groups excluding carboxylic acids is 4. The Kier molecular flexibility index (Phi) is 12.0. The number of fused-ring (bicyclic) bond motifs is 1. The summed E-state index contributed by atoms with van der Waals surface area (Å²) in [6, 6.07) is 21.2. The summed E-state index contributed by atoms with van der Waals surface area (Å²) in [6.45, 7) is 0. The fraction of sp³-hybridized carbons (Fsp3) is 0.222. The number of nitrogens with one attached hydrogen (secondary N) is 4. The number of rotatable bonds is 15. The molecule has 0 saturated heterocycles. The zero-order valence-electron chi connectivity index (χ0n) is 26.4. The van der Waals surface area contributed by atoms with Crippen LogP contribution in [0, 0.1) is 3.57 Å². The minimum atomic E-state index is -1.11. The molecule has 0 unspecified atom stereocenters. The molecule has 0 saturated carbocycles. The summed E-state index contributed by atoms with van der Waals surface area (Å²) in [6.07, 6.45) is 2.39. The van der Waals surface area contributed by atoms with Crippen molar-refractivity contribution in [2.75, 3.05) is 0 Å². The molecule has 2 heterocycles. The number of amides is 4. The van der Waals surface area contributed by atoms with Gasteiger partial charge in [-0.25, -0.2) is 0 Å². The second-order valence-electron chi connectivity index (χ2n) is 11.7. The first kappa shape index (κ1) is 35.6. The van der Waals surface area contributed by atoms with Gasteiger partial charge in [-0.05, 0) is 75.3 Å². The zero-order chi connectivity index (χ0) is 34.9. The van der Waals surface area contributed by atoms with Gasteiger partial charge in [0, 0.05) is 41.2 Å². The first-order valence-corrected chi connectivity index (χ1v) is 17.6. The lowest BCUT2D eigenvalue weighted by Gasteiger charge is -2.25. The lowest BCUT2D eigenvalue weighted by Crippen LogP contribution is -2.58. The van der Waals surface area contributed by atoms with Gasteiger partial charge < -0.3 is 37.5 Å². The fourth-order valence-electron chi connectivity index (χ4n) is 5.49. The van der Waals surface area contributed by atoms with Gasteiger partial charge >= 0.3 is 0 Å². The van der Waals surface area contributed by atoms with Crippen LogP contribution in [0.5, 0.6) is 5.75 Å². The van der Waals surface area contributed by atoms with Gasteiger partial charge in [0.25, 0.3) is 0 Å². The smallest absolute Gasteiger partial charge is 0.243 e. The molecule has 0 aliphatic heterocycles. The van der Waals surface area contributed by atoms with Gasteiger partial charge in [0.15, 0.2) is 0 Å². The normalized spacial score (nSPS) is 13.6. The number of aromatic nitrogens is 1. The number of hydrogen-bond donors (Lipinski definition) is 7. The monoisotopic (exact) mass is 792 g/mol. The van der Waals surface area contributed by atoms with Gasteiger partial charge in [0.2, 0.25) is 23.6 Å². The second-order valence-corrected chi connectivity index (χ2v) is 13.9. The van der Waals surface area contributed by atoms with Crippen molar-refractivity contribution in [1.29, 1.82) is 0 Å². The Balaban J connectivity index is 1.38.